The second kappa shape index (κ2) is 7.79. The number of hydrogen-bond donors (Lipinski definition) is 2. The molecule has 3 aromatic heterocycles. The average molecular weight is 494 g/mol. The minimum atomic E-state index is -0.428. The van der Waals surface area contributed by atoms with E-state index in [1.807, 2.05) is 42.6 Å². The zero-order valence-electron chi connectivity index (χ0n) is 16.4. The molecule has 5 aromatic rings. The van der Waals surface area contributed by atoms with Crippen molar-refractivity contribution >= 4 is 54.3 Å². The molecule has 31 heavy (non-hydrogen) atoms. The van der Waals surface area contributed by atoms with E-state index >= 15 is 0 Å². The molecule has 0 atom stereocenters. The lowest BCUT2D eigenvalue weighted by atomic mass is 10.1. The van der Waals surface area contributed by atoms with E-state index in [0.29, 0.717) is 28.5 Å². The molecule has 0 saturated carbocycles. The van der Waals surface area contributed by atoms with Crippen LogP contribution in [0.25, 0.3) is 33.1 Å². The maximum absolute atomic E-state index is 12.5. The van der Waals surface area contributed by atoms with Crippen LogP contribution in [-0.2, 0) is 6.54 Å². The molecule has 2 N–H and O–H groups in total. The van der Waals surface area contributed by atoms with Gasteiger partial charge in [-0.15, -0.1) is 11.3 Å². The number of nitrogens with one attached hydrogen (secondary N) is 2. The third kappa shape index (κ3) is 3.80. The molecule has 0 amide bonds. The molecule has 8 heteroatoms. The number of thiazole rings is 1. The van der Waals surface area contributed by atoms with Gasteiger partial charge in [0.2, 0.25) is 5.56 Å². The van der Waals surface area contributed by atoms with Crippen LogP contribution in [0.2, 0.25) is 0 Å². The topological polar surface area (TPSA) is 88.0 Å². The first-order valence-electron chi connectivity index (χ1n) is 9.53. The number of pyridine rings is 1. The molecule has 6 nitrogen and oxygen atoms in total. The average Bonchev–Trinajstić information content (AvgIpc) is 3.21. The van der Waals surface area contributed by atoms with E-state index in [1.54, 1.807) is 18.2 Å². The largest absolute Gasteiger partial charge is 0.422 e. The highest BCUT2D eigenvalue weighted by atomic mass is 79.9. The Morgan fingerprint density at radius 3 is 2.90 bits per heavy atom. The third-order valence-electron chi connectivity index (χ3n) is 5.08. The van der Waals surface area contributed by atoms with Crippen molar-refractivity contribution in [3.05, 3.63) is 90.3 Å². The molecule has 5 rings (SSSR count). The second-order valence-electron chi connectivity index (χ2n) is 7.18. The number of rotatable bonds is 4. The van der Waals surface area contributed by atoms with Gasteiger partial charge in [0.1, 0.15) is 5.58 Å². The summed E-state index contributed by atoms with van der Waals surface area (Å²) in [7, 11) is 0. The molecule has 0 aliphatic heterocycles. The molecule has 2 aromatic carbocycles. The Balaban J connectivity index is 1.45. The van der Waals surface area contributed by atoms with Crippen molar-refractivity contribution in [3.63, 3.8) is 0 Å². The number of halogens is 1. The first-order valence-corrected chi connectivity index (χ1v) is 11.2. The van der Waals surface area contributed by atoms with Gasteiger partial charge in [-0.25, -0.2) is 9.78 Å². The van der Waals surface area contributed by atoms with Crippen molar-refractivity contribution < 1.29 is 4.42 Å². The summed E-state index contributed by atoms with van der Waals surface area (Å²) in [6.45, 7) is 2.41. The first-order chi connectivity index (χ1) is 15.0. The molecule has 0 saturated heterocycles. The monoisotopic (exact) mass is 493 g/mol. The van der Waals surface area contributed by atoms with E-state index in [1.165, 1.54) is 11.3 Å². The number of aromatic amines is 1. The van der Waals surface area contributed by atoms with E-state index in [0.717, 1.165) is 31.9 Å². The molecule has 3 heterocycles. The quantitative estimate of drug-likeness (QED) is 0.325. The normalized spacial score (nSPS) is 11.3. The van der Waals surface area contributed by atoms with E-state index in [2.05, 4.69) is 31.2 Å². The molecule has 0 unspecified atom stereocenters. The van der Waals surface area contributed by atoms with Crippen molar-refractivity contribution in [3.8, 4) is 11.3 Å². The van der Waals surface area contributed by atoms with Crippen LogP contribution in [0.3, 0.4) is 0 Å². The van der Waals surface area contributed by atoms with Crippen molar-refractivity contribution in [1.82, 2.24) is 9.97 Å². The molecule has 0 spiro atoms. The Morgan fingerprint density at radius 1 is 1.16 bits per heavy atom. The van der Waals surface area contributed by atoms with Gasteiger partial charge >= 0.3 is 5.63 Å². The number of benzene rings is 2. The lowest BCUT2D eigenvalue weighted by Crippen LogP contribution is -2.10. The fourth-order valence-electron chi connectivity index (χ4n) is 3.57. The van der Waals surface area contributed by atoms with Crippen molar-refractivity contribution in [2.24, 2.45) is 0 Å². The lowest BCUT2D eigenvalue weighted by molar-refractivity contribution is 0.563. The molecule has 0 aliphatic carbocycles. The zero-order chi connectivity index (χ0) is 21.5. The van der Waals surface area contributed by atoms with Gasteiger partial charge in [-0.3, -0.25) is 4.79 Å². The van der Waals surface area contributed by atoms with Crippen LogP contribution >= 0.6 is 27.3 Å². The maximum Gasteiger partial charge on any atom is 0.345 e. The smallest absolute Gasteiger partial charge is 0.345 e. The van der Waals surface area contributed by atoms with Crippen molar-refractivity contribution in [2.45, 2.75) is 13.5 Å². The summed E-state index contributed by atoms with van der Waals surface area (Å²) in [5.41, 5.74) is 3.66. The van der Waals surface area contributed by atoms with Crippen molar-refractivity contribution in [1.29, 1.82) is 0 Å². The first kappa shape index (κ1) is 19.7. The second-order valence-corrected chi connectivity index (χ2v) is 8.95. The highest BCUT2D eigenvalue weighted by Crippen LogP contribution is 2.27. The van der Waals surface area contributed by atoms with Gasteiger partial charge in [-0.05, 0) is 42.3 Å². The highest BCUT2D eigenvalue weighted by Gasteiger charge is 2.13. The molecule has 0 fully saturated rings. The Hall–Kier alpha value is -3.23. The number of hydrogen-bond acceptors (Lipinski definition) is 6. The van der Waals surface area contributed by atoms with Crippen molar-refractivity contribution in [2.75, 3.05) is 5.32 Å². The van der Waals surface area contributed by atoms with Crippen LogP contribution in [-0.4, -0.2) is 9.97 Å². The predicted molar refractivity (Wildman–Crippen MR) is 128 cm³/mol. The van der Waals surface area contributed by atoms with Crippen LogP contribution in [0.5, 0.6) is 0 Å². The Morgan fingerprint density at radius 2 is 2.03 bits per heavy atom. The van der Waals surface area contributed by atoms with E-state index in [-0.39, 0.29) is 5.56 Å². The minimum absolute atomic E-state index is 0.140. The molecule has 0 aliphatic rings. The maximum atomic E-state index is 12.5. The summed E-state index contributed by atoms with van der Waals surface area (Å²) in [5, 5.41) is 7.55. The van der Waals surface area contributed by atoms with Crippen LogP contribution in [0.1, 0.15) is 11.1 Å². The van der Waals surface area contributed by atoms with Crippen LogP contribution in [0.15, 0.2) is 72.4 Å². The summed E-state index contributed by atoms with van der Waals surface area (Å²) in [6.07, 6.45) is 0. The van der Waals surface area contributed by atoms with E-state index < -0.39 is 5.63 Å². The zero-order valence-corrected chi connectivity index (χ0v) is 18.8. The van der Waals surface area contributed by atoms with Gasteiger partial charge in [-0.1, -0.05) is 34.1 Å². The molecule has 0 radical (unpaired) electrons. The van der Waals surface area contributed by atoms with E-state index in [9.17, 15) is 9.59 Å². The number of nitrogens with zero attached hydrogens (tertiary/aromatic N) is 1. The van der Waals surface area contributed by atoms with Gasteiger partial charge in [0.25, 0.3) is 0 Å². The fourth-order valence-corrected chi connectivity index (χ4v) is 4.65. The lowest BCUT2D eigenvalue weighted by Gasteiger charge is -2.08. The summed E-state index contributed by atoms with van der Waals surface area (Å²) in [4.78, 5) is 32.0. The van der Waals surface area contributed by atoms with Gasteiger partial charge in [0.15, 0.2) is 5.13 Å². The number of para-hydroxylation sites is 1. The van der Waals surface area contributed by atoms with Gasteiger partial charge in [0, 0.05) is 33.2 Å². The standard InChI is InChI=1S/C23H16BrN3O3S/c1-12-3-2-4-16-14(9-20(28)27-21(12)16)10-25-23-26-18(11-31-23)17-8-13-7-15(24)5-6-19(13)30-22(17)29/h2-9,11H,10H2,1H3,(H,25,26)(H,27,28). The SMILES string of the molecule is Cc1cccc2c(CNc3nc(-c4cc5cc(Br)ccc5oc4=O)cs3)cc(=O)[nH]c12. The number of fused-ring (bicyclic) bond motifs is 2. The summed E-state index contributed by atoms with van der Waals surface area (Å²) >= 11 is 4.83. The third-order valence-corrected chi connectivity index (χ3v) is 6.37. The molecule has 0 bridgehead atoms. The summed E-state index contributed by atoms with van der Waals surface area (Å²) < 4.78 is 6.35. The Bertz CT molecular complexity index is 1570. The van der Waals surface area contributed by atoms with Gasteiger partial charge in [-0.2, -0.15) is 0 Å². The molecule has 154 valence electrons. The van der Waals surface area contributed by atoms with Gasteiger partial charge < -0.3 is 14.7 Å². The summed E-state index contributed by atoms with van der Waals surface area (Å²) in [5.74, 6) is 0. The molecular weight excluding hydrogens is 478 g/mol. The Kier molecular flexibility index (Phi) is 4.95. The minimum Gasteiger partial charge on any atom is -0.422 e. The summed E-state index contributed by atoms with van der Waals surface area (Å²) in [6, 6.07) is 14.8. The molecular formula is C23H16BrN3O3S. The van der Waals surface area contributed by atoms with Crippen LogP contribution in [0, 0.1) is 6.92 Å². The highest BCUT2D eigenvalue weighted by molar-refractivity contribution is 9.10. The number of aromatic nitrogens is 2. The Labute approximate surface area is 188 Å². The number of anilines is 1. The predicted octanol–water partition coefficient (Wildman–Crippen LogP) is 5.44. The number of H-pyrrole nitrogens is 1. The fraction of sp³-hybridized carbons (Fsp3) is 0.0870. The number of aryl methyl sites for hydroxylation is 1. The van der Waals surface area contributed by atoms with E-state index in [4.69, 9.17) is 4.42 Å². The van der Waals surface area contributed by atoms with Crippen LogP contribution in [0.4, 0.5) is 5.13 Å². The van der Waals surface area contributed by atoms with Gasteiger partial charge in [0.05, 0.1) is 16.8 Å². The van der Waals surface area contributed by atoms with Crippen LogP contribution < -0.4 is 16.5 Å².